The van der Waals surface area contributed by atoms with E-state index >= 15 is 0 Å². The first-order valence-electron chi connectivity index (χ1n) is 8.07. The van der Waals surface area contributed by atoms with Gasteiger partial charge in [0.1, 0.15) is 0 Å². The minimum absolute atomic E-state index is 0.0224. The zero-order chi connectivity index (χ0) is 16.2. The van der Waals surface area contributed by atoms with Gasteiger partial charge in [0.05, 0.1) is 0 Å². The van der Waals surface area contributed by atoms with Gasteiger partial charge < -0.3 is 4.90 Å². The van der Waals surface area contributed by atoms with Crippen LogP contribution in [0.25, 0.3) is 11.4 Å². The van der Waals surface area contributed by atoms with E-state index < -0.39 is 5.76 Å². The zero-order valence-corrected chi connectivity index (χ0v) is 13.2. The summed E-state index contributed by atoms with van der Waals surface area (Å²) < 4.78 is 4.50. The number of likely N-dealkylation sites (tertiary alicyclic amines) is 1. The molecule has 0 bridgehead atoms. The van der Waals surface area contributed by atoms with Gasteiger partial charge in [-0.1, -0.05) is 36.3 Å². The van der Waals surface area contributed by atoms with E-state index in [1.807, 2.05) is 36.1 Å². The van der Waals surface area contributed by atoms with Gasteiger partial charge in [0, 0.05) is 24.6 Å². The minimum atomic E-state index is -0.565. The molecule has 6 heteroatoms. The lowest BCUT2D eigenvalue weighted by Crippen LogP contribution is -2.39. The number of nitrogens with one attached hydrogen (secondary N) is 1. The number of nitrogens with zero attached hydrogens (tertiary/aromatic N) is 2. The summed E-state index contributed by atoms with van der Waals surface area (Å²) in [5, 5.41) is 3.66. The molecule has 1 aromatic carbocycles. The number of piperidine rings is 1. The third-order valence-corrected chi connectivity index (χ3v) is 4.30. The Morgan fingerprint density at radius 2 is 1.96 bits per heavy atom. The van der Waals surface area contributed by atoms with Gasteiger partial charge in [0.2, 0.25) is 5.91 Å². The van der Waals surface area contributed by atoms with Crippen LogP contribution >= 0.6 is 0 Å². The summed E-state index contributed by atoms with van der Waals surface area (Å²) >= 11 is 0. The average Bonchev–Trinajstić information content (AvgIpc) is 3.02. The van der Waals surface area contributed by atoms with Crippen LogP contribution in [-0.4, -0.2) is 34.0 Å². The molecule has 3 rings (SSSR count). The molecular formula is C17H21N3O3. The Labute approximate surface area is 134 Å². The lowest BCUT2D eigenvalue weighted by Gasteiger charge is -2.29. The van der Waals surface area contributed by atoms with Crippen molar-refractivity contribution in [2.24, 2.45) is 5.92 Å². The molecule has 1 amide bonds. The van der Waals surface area contributed by atoms with E-state index in [2.05, 4.69) is 14.7 Å². The topological polar surface area (TPSA) is 79.2 Å². The van der Waals surface area contributed by atoms with E-state index in [1.165, 1.54) is 6.42 Å². The predicted molar refractivity (Wildman–Crippen MR) is 85.9 cm³/mol. The Morgan fingerprint density at radius 1 is 1.26 bits per heavy atom. The van der Waals surface area contributed by atoms with Gasteiger partial charge in [-0.25, -0.2) is 4.79 Å². The van der Waals surface area contributed by atoms with E-state index in [9.17, 15) is 9.59 Å². The Bertz CT molecular complexity index is 711. The molecule has 1 N–H and O–H groups in total. The maximum Gasteiger partial charge on any atom is 0.439 e. The lowest BCUT2D eigenvalue weighted by atomic mass is 9.98. The number of aromatic amines is 1. The molecule has 0 saturated carbocycles. The molecule has 1 aliphatic heterocycles. The summed E-state index contributed by atoms with van der Waals surface area (Å²) in [5.74, 6) is 0.0734. The van der Waals surface area contributed by atoms with Gasteiger partial charge in [-0.05, 0) is 31.2 Å². The van der Waals surface area contributed by atoms with Crippen molar-refractivity contribution >= 4 is 5.91 Å². The van der Waals surface area contributed by atoms with E-state index in [4.69, 9.17) is 0 Å². The molecule has 1 fully saturated rings. The van der Waals surface area contributed by atoms with Crippen molar-refractivity contribution in [3.8, 4) is 11.4 Å². The van der Waals surface area contributed by atoms with Crippen LogP contribution in [0.5, 0.6) is 0 Å². The van der Waals surface area contributed by atoms with E-state index in [0.29, 0.717) is 12.2 Å². The second-order valence-corrected chi connectivity index (χ2v) is 6.13. The number of benzene rings is 1. The van der Waals surface area contributed by atoms with Crippen LogP contribution in [0.3, 0.4) is 0 Å². The standard InChI is InChI=1S/C17H21N3O3/c1-12(16(21)20-9-3-2-4-10-20)11-13-5-7-14(8-6-13)15-18-17(22)23-19-15/h5-8,12H,2-4,9-11H2,1H3,(H,18,19,22)/t12-/m1/s1. The van der Waals surface area contributed by atoms with Crippen molar-refractivity contribution in [1.82, 2.24) is 15.0 Å². The van der Waals surface area contributed by atoms with Gasteiger partial charge in [-0.15, -0.1) is 0 Å². The number of aromatic nitrogens is 2. The summed E-state index contributed by atoms with van der Waals surface area (Å²) in [6.45, 7) is 3.77. The average molecular weight is 315 g/mol. The first-order chi connectivity index (χ1) is 11.1. The van der Waals surface area contributed by atoms with Crippen LogP contribution < -0.4 is 5.76 Å². The SMILES string of the molecule is C[C@H](Cc1ccc(-c2noc(=O)[nH]2)cc1)C(=O)N1CCCCC1. The van der Waals surface area contributed by atoms with Crippen LogP contribution in [-0.2, 0) is 11.2 Å². The Morgan fingerprint density at radius 3 is 2.57 bits per heavy atom. The van der Waals surface area contributed by atoms with E-state index in [0.717, 1.165) is 37.1 Å². The molecule has 23 heavy (non-hydrogen) atoms. The highest BCUT2D eigenvalue weighted by atomic mass is 16.5. The fraction of sp³-hybridized carbons (Fsp3) is 0.471. The van der Waals surface area contributed by atoms with Gasteiger partial charge in [-0.3, -0.25) is 14.3 Å². The fourth-order valence-corrected chi connectivity index (χ4v) is 3.02. The van der Waals surface area contributed by atoms with Crippen LogP contribution in [0, 0.1) is 5.92 Å². The number of amides is 1. The lowest BCUT2D eigenvalue weighted by molar-refractivity contribution is -0.135. The summed E-state index contributed by atoms with van der Waals surface area (Å²) in [5.41, 5.74) is 1.88. The largest absolute Gasteiger partial charge is 0.439 e. The number of H-pyrrole nitrogens is 1. The number of carbonyl (C=O) groups is 1. The van der Waals surface area contributed by atoms with Crippen LogP contribution in [0.1, 0.15) is 31.7 Å². The normalized spacial score (nSPS) is 16.3. The third-order valence-electron chi connectivity index (χ3n) is 4.30. The number of hydrogen-bond donors (Lipinski definition) is 1. The Balaban J connectivity index is 1.63. The highest BCUT2D eigenvalue weighted by Gasteiger charge is 2.22. The molecule has 0 unspecified atom stereocenters. The molecule has 122 valence electrons. The first kappa shape index (κ1) is 15.5. The monoisotopic (exact) mass is 315 g/mol. The van der Waals surface area contributed by atoms with Gasteiger partial charge in [0.15, 0.2) is 5.82 Å². The van der Waals surface area contributed by atoms with Gasteiger partial charge in [0.25, 0.3) is 0 Å². The molecule has 2 aromatic rings. The Kier molecular flexibility index (Phi) is 4.60. The van der Waals surface area contributed by atoms with Crippen molar-refractivity contribution in [2.75, 3.05) is 13.1 Å². The molecular weight excluding hydrogens is 294 g/mol. The van der Waals surface area contributed by atoms with Crippen LogP contribution in [0.15, 0.2) is 33.6 Å². The van der Waals surface area contributed by atoms with Crippen molar-refractivity contribution in [3.05, 3.63) is 40.4 Å². The summed E-state index contributed by atoms with van der Waals surface area (Å²) in [4.78, 5) is 27.9. The number of hydrogen-bond acceptors (Lipinski definition) is 4. The molecule has 1 aromatic heterocycles. The summed E-state index contributed by atoms with van der Waals surface area (Å²) in [6, 6.07) is 7.67. The van der Waals surface area contributed by atoms with Gasteiger partial charge in [-0.2, -0.15) is 0 Å². The molecule has 6 nitrogen and oxygen atoms in total. The molecule has 1 saturated heterocycles. The van der Waals surface area contributed by atoms with E-state index in [1.54, 1.807) is 0 Å². The van der Waals surface area contributed by atoms with Crippen molar-refractivity contribution in [3.63, 3.8) is 0 Å². The van der Waals surface area contributed by atoms with Crippen molar-refractivity contribution in [1.29, 1.82) is 0 Å². The highest BCUT2D eigenvalue weighted by Crippen LogP contribution is 2.18. The molecule has 0 spiro atoms. The summed E-state index contributed by atoms with van der Waals surface area (Å²) in [6.07, 6.45) is 4.17. The quantitative estimate of drug-likeness (QED) is 0.938. The second-order valence-electron chi connectivity index (χ2n) is 6.13. The smallest absolute Gasteiger partial charge is 0.342 e. The second kappa shape index (κ2) is 6.81. The van der Waals surface area contributed by atoms with Crippen molar-refractivity contribution < 1.29 is 9.32 Å². The zero-order valence-electron chi connectivity index (χ0n) is 13.2. The maximum atomic E-state index is 12.5. The highest BCUT2D eigenvalue weighted by molar-refractivity contribution is 5.78. The molecule has 2 heterocycles. The number of rotatable bonds is 4. The van der Waals surface area contributed by atoms with Crippen LogP contribution in [0.2, 0.25) is 0 Å². The third kappa shape index (κ3) is 3.70. The van der Waals surface area contributed by atoms with Crippen LogP contribution in [0.4, 0.5) is 0 Å². The van der Waals surface area contributed by atoms with Gasteiger partial charge >= 0.3 is 5.76 Å². The predicted octanol–water partition coefficient (Wildman–Crippen LogP) is 2.22. The summed E-state index contributed by atoms with van der Waals surface area (Å²) in [7, 11) is 0. The molecule has 0 radical (unpaired) electrons. The molecule has 1 atom stereocenters. The fourth-order valence-electron chi connectivity index (χ4n) is 3.02. The van der Waals surface area contributed by atoms with E-state index in [-0.39, 0.29) is 11.8 Å². The molecule has 0 aliphatic carbocycles. The Hall–Kier alpha value is -2.37. The number of carbonyl (C=O) groups excluding carboxylic acids is 1. The van der Waals surface area contributed by atoms with Crippen molar-refractivity contribution in [2.45, 2.75) is 32.6 Å². The maximum absolute atomic E-state index is 12.5. The first-order valence-corrected chi connectivity index (χ1v) is 8.07. The molecule has 1 aliphatic rings. The minimum Gasteiger partial charge on any atom is -0.342 e.